The number of urea groups is 1. The summed E-state index contributed by atoms with van der Waals surface area (Å²) in [6, 6.07) is 8.61. The van der Waals surface area contributed by atoms with E-state index in [9.17, 15) is 14.4 Å². The van der Waals surface area contributed by atoms with Crippen molar-refractivity contribution in [1.82, 2.24) is 5.32 Å². The first-order chi connectivity index (χ1) is 11.8. The van der Waals surface area contributed by atoms with Crippen molar-refractivity contribution < 1.29 is 19.1 Å². The maximum absolute atomic E-state index is 12.6. The first-order valence-corrected chi connectivity index (χ1v) is 8.63. The molecular formula is C18H20N2O4S. The number of hydrogen-bond donors (Lipinski definition) is 2. The molecule has 2 aromatic rings. The van der Waals surface area contributed by atoms with Crippen LogP contribution in [-0.4, -0.2) is 24.0 Å². The van der Waals surface area contributed by atoms with Crippen LogP contribution < -0.4 is 11.1 Å². The summed E-state index contributed by atoms with van der Waals surface area (Å²) in [5.74, 6) is -1.65. The molecule has 0 aliphatic carbocycles. The molecule has 0 radical (unpaired) electrons. The summed E-state index contributed by atoms with van der Waals surface area (Å²) in [5, 5.41) is 3.74. The number of nitrogens with two attached hydrogens (primary N) is 1. The van der Waals surface area contributed by atoms with E-state index in [1.165, 1.54) is 11.3 Å². The predicted molar refractivity (Wildman–Crippen MR) is 96.3 cm³/mol. The fourth-order valence-electron chi connectivity index (χ4n) is 2.28. The molecule has 1 aromatic heterocycles. The fraction of sp³-hybridized carbons (Fsp3) is 0.278. The van der Waals surface area contributed by atoms with Gasteiger partial charge in [0.25, 0.3) is 5.91 Å². The first-order valence-electron chi connectivity index (χ1n) is 7.75. The van der Waals surface area contributed by atoms with Crippen LogP contribution in [0.4, 0.5) is 4.79 Å². The Labute approximate surface area is 150 Å². The highest BCUT2D eigenvalue weighted by atomic mass is 32.1. The lowest BCUT2D eigenvalue weighted by Crippen LogP contribution is -2.45. The van der Waals surface area contributed by atoms with Gasteiger partial charge in [-0.2, -0.15) is 0 Å². The van der Waals surface area contributed by atoms with Crippen LogP contribution in [0.15, 0.2) is 35.7 Å². The number of carbonyl (C=O) groups is 3. The van der Waals surface area contributed by atoms with E-state index >= 15 is 0 Å². The van der Waals surface area contributed by atoms with Crippen molar-refractivity contribution >= 4 is 29.2 Å². The van der Waals surface area contributed by atoms with Gasteiger partial charge in [-0.05, 0) is 29.9 Å². The molecule has 6 nitrogen and oxygen atoms in total. The minimum absolute atomic E-state index is 0.314. The van der Waals surface area contributed by atoms with E-state index in [1.54, 1.807) is 19.2 Å². The van der Waals surface area contributed by atoms with Crippen molar-refractivity contribution in [3.8, 4) is 11.1 Å². The molecule has 1 atom stereocenters. The van der Waals surface area contributed by atoms with Gasteiger partial charge in [-0.15, -0.1) is 11.3 Å². The molecule has 0 aliphatic rings. The summed E-state index contributed by atoms with van der Waals surface area (Å²) in [7, 11) is 0. The lowest BCUT2D eigenvalue weighted by molar-refractivity contribution is -0.130. The molecule has 132 valence electrons. The van der Waals surface area contributed by atoms with Gasteiger partial charge < -0.3 is 10.5 Å². The highest BCUT2D eigenvalue weighted by molar-refractivity contribution is 7.12. The highest BCUT2D eigenvalue weighted by Gasteiger charge is 2.29. The topological polar surface area (TPSA) is 98.5 Å². The molecule has 0 bridgehead atoms. The maximum atomic E-state index is 12.6. The van der Waals surface area contributed by atoms with E-state index < -0.39 is 24.0 Å². The number of hydrogen-bond acceptors (Lipinski definition) is 5. The number of nitrogens with one attached hydrogen (secondary N) is 1. The van der Waals surface area contributed by atoms with Gasteiger partial charge in [-0.3, -0.25) is 10.1 Å². The first kappa shape index (κ1) is 18.7. The summed E-state index contributed by atoms with van der Waals surface area (Å²) in [6.07, 6.45) is -1.10. The SMILES string of the molecule is Cc1ccc(-c2ccsc2C(=O)OC(C(=O)NC(N)=O)C(C)C)cc1. The number of rotatable bonds is 5. The average Bonchev–Trinajstić information content (AvgIpc) is 3.01. The van der Waals surface area contributed by atoms with E-state index in [4.69, 9.17) is 10.5 Å². The monoisotopic (exact) mass is 360 g/mol. The molecule has 1 aromatic carbocycles. The lowest BCUT2D eigenvalue weighted by atomic mass is 10.0. The second kappa shape index (κ2) is 7.94. The van der Waals surface area contributed by atoms with Crippen LogP contribution >= 0.6 is 11.3 Å². The van der Waals surface area contributed by atoms with E-state index in [2.05, 4.69) is 0 Å². The molecule has 25 heavy (non-hydrogen) atoms. The Kier molecular flexibility index (Phi) is 5.93. The normalized spacial score (nSPS) is 11.8. The number of carbonyl (C=O) groups excluding carboxylic acids is 3. The lowest BCUT2D eigenvalue weighted by Gasteiger charge is -2.19. The molecule has 1 unspecified atom stereocenters. The molecule has 1 heterocycles. The molecule has 0 saturated heterocycles. The Bertz CT molecular complexity index is 781. The summed E-state index contributed by atoms with van der Waals surface area (Å²) in [4.78, 5) is 35.8. The van der Waals surface area contributed by atoms with Crippen molar-refractivity contribution in [2.45, 2.75) is 26.9 Å². The zero-order chi connectivity index (χ0) is 18.6. The Hall–Kier alpha value is -2.67. The Morgan fingerprint density at radius 2 is 1.76 bits per heavy atom. The third-order valence-corrected chi connectivity index (χ3v) is 4.45. The van der Waals surface area contributed by atoms with Gasteiger partial charge in [0.2, 0.25) is 0 Å². The summed E-state index contributed by atoms with van der Waals surface area (Å²) in [5.41, 5.74) is 7.71. The Balaban J connectivity index is 2.23. The quantitative estimate of drug-likeness (QED) is 0.800. The van der Waals surface area contributed by atoms with Gasteiger partial charge in [-0.1, -0.05) is 43.7 Å². The number of benzene rings is 1. The molecule has 7 heteroatoms. The fourth-order valence-corrected chi connectivity index (χ4v) is 3.08. The number of primary amides is 1. The van der Waals surface area contributed by atoms with Crippen molar-refractivity contribution in [3.63, 3.8) is 0 Å². The van der Waals surface area contributed by atoms with Crippen LogP contribution in [0.1, 0.15) is 29.1 Å². The van der Waals surface area contributed by atoms with Crippen LogP contribution in [-0.2, 0) is 9.53 Å². The second-order valence-corrected chi connectivity index (χ2v) is 6.87. The molecule has 3 amide bonds. The smallest absolute Gasteiger partial charge is 0.349 e. The predicted octanol–water partition coefficient (Wildman–Crippen LogP) is 3.10. The van der Waals surface area contributed by atoms with Gasteiger partial charge in [0.05, 0.1) is 0 Å². The zero-order valence-corrected chi connectivity index (χ0v) is 15.1. The molecular weight excluding hydrogens is 340 g/mol. The van der Waals surface area contributed by atoms with Crippen LogP contribution in [0.2, 0.25) is 0 Å². The van der Waals surface area contributed by atoms with E-state index in [0.717, 1.165) is 16.7 Å². The van der Waals surface area contributed by atoms with Crippen LogP contribution in [0, 0.1) is 12.8 Å². The van der Waals surface area contributed by atoms with Gasteiger partial charge in [0.1, 0.15) is 4.88 Å². The minimum atomic E-state index is -1.10. The Morgan fingerprint density at radius 1 is 1.12 bits per heavy atom. The van der Waals surface area contributed by atoms with Crippen molar-refractivity contribution in [2.75, 3.05) is 0 Å². The van der Waals surface area contributed by atoms with Crippen LogP contribution in [0.25, 0.3) is 11.1 Å². The van der Waals surface area contributed by atoms with Gasteiger partial charge in [-0.25, -0.2) is 9.59 Å². The third-order valence-electron chi connectivity index (χ3n) is 3.56. The standard InChI is InChI=1S/C18H20N2O4S/c1-10(2)14(16(21)20-18(19)23)24-17(22)15-13(8-9-25-15)12-6-4-11(3)5-7-12/h4-10,14H,1-3H3,(H3,19,20,21,23). The molecule has 0 saturated carbocycles. The number of aryl methyl sites for hydroxylation is 1. The number of esters is 1. The molecule has 3 N–H and O–H groups in total. The minimum Gasteiger partial charge on any atom is -0.448 e. The molecule has 0 aliphatic heterocycles. The molecule has 0 fully saturated rings. The van der Waals surface area contributed by atoms with E-state index in [-0.39, 0.29) is 5.92 Å². The Morgan fingerprint density at radius 3 is 2.32 bits per heavy atom. The van der Waals surface area contributed by atoms with Gasteiger partial charge >= 0.3 is 12.0 Å². The maximum Gasteiger partial charge on any atom is 0.349 e. The van der Waals surface area contributed by atoms with E-state index in [1.807, 2.05) is 42.6 Å². The highest BCUT2D eigenvalue weighted by Crippen LogP contribution is 2.29. The van der Waals surface area contributed by atoms with Gasteiger partial charge in [0.15, 0.2) is 6.10 Å². The molecule has 2 rings (SSSR count). The molecule has 0 spiro atoms. The van der Waals surface area contributed by atoms with Crippen molar-refractivity contribution in [2.24, 2.45) is 11.7 Å². The number of imide groups is 1. The number of thiophene rings is 1. The number of amides is 3. The van der Waals surface area contributed by atoms with Crippen LogP contribution in [0.3, 0.4) is 0 Å². The van der Waals surface area contributed by atoms with E-state index in [0.29, 0.717) is 4.88 Å². The van der Waals surface area contributed by atoms with Gasteiger partial charge in [0, 0.05) is 5.56 Å². The average molecular weight is 360 g/mol. The number of ether oxygens (including phenoxy) is 1. The van der Waals surface area contributed by atoms with Crippen LogP contribution in [0.5, 0.6) is 0 Å². The van der Waals surface area contributed by atoms with Crippen molar-refractivity contribution in [1.29, 1.82) is 0 Å². The summed E-state index contributed by atoms with van der Waals surface area (Å²) < 4.78 is 5.36. The largest absolute Gasteiger partial charge is 0.448 e. The summed E-state index contributed by atoms with van der Waals surface area (Å²) in [6.45, 7) is 5.42. The zero-order valence-electron chi connectivity index (χ0n) is 14.2. The summed E-state index contributed by atoms with van der Waals surface area (Å²) >= 11 is 1.24. The van der Waals surface area contributed by atoms with Crippen molar-refractivity contribution in [3.05, 3.63) is 46.2 Å². The third kappa shape index (κ3) is 4.67. The second-order valence-electron chi connectivity index (χ2n) is 5.95.